The van der Waals surface area contributed by atoms with Crippen molar-refractivity contribution in [3.63, 3.8) is 0 Å². The molecule has 0 spiro atoms. The Kier molecular flexibility index (Phi) is 5.54. The lowest BCUT2D eigenvalue weighted by atomic mass is 10.1. The number of anilines is 1. The molecule has 7 nitrogen and oxygen atoms in total. The Morgan fingerprint density at radius 3 is 2.59 bits per heavy atom. The minimum absolute atomic E-state index is 0.0458. The smallest absolute Gasteiger partial charge is 0.321 e. The van der Waals surface area contributed by atoms with E-state index in [0.717, 1.165) is 21.6 Å². The second-order valence-corrected chi connectivity index (χ2v) is 8.43. The van der Waals surface area contributed by atoms with Crippen molar-refractivity contribution >= 4 is 32.5 Å². The van der Waals surface area contributed by atoms with E-state index in [1.807, 2.05) is 30.3 Å². The Morgan fingerprint density at radius 2 is 1.93 bits per heavy atom. The molecule has 27 heavy (non-hydrogen) atoms. The number of aryl methyl sites for hydroxylation is 1. The third-order valence-electron chi connectivity index (χ3n) is 3.87. The van der Waals surface area contributed by atoms with E-state index in [4.69, 9.17) is 5.14 Å². The minimum atomic E-state index is -3.74. The van der Waals surface area contributed by atoms with Gasteiger partial charge in [-0.25, -0.2) is 23.3 Å². The van der Waals surface area contributed by atoms with Gasteiger partial charge in [0, 0.05) is 12.7 Å². The van der Waals surface area contributed by atoms with E-state index in [-0.39, 0.29) is 17.5 Å². The number of hydrogen-bond donors (Lipinski definition) is 3. The fourth-order valence-electron chi connectivity index (χ4n) is 2.43. The molecule has 140 valence electrons. The number of aromatic nitrogens is 1. The van der Waals surface area contributed by atoms with E-state index in [2.05, 4.69) is 15.6 Å². The molecule has 4 N–H and O–H groups in total. The quantitative estimate of drug-likeness (QED) is 0.608. The molecule has 2 amide bonds. The first-order valence-corrected chi connectivity index (χ1v) is 10.4. The van der Waals surface area contributed by atoms with Crippen LogP contribution in [0.15, 0.2) is 59.6 Å². The van der Waals surface area contributed by atoms with Crippen LogP contribution in [-0.4, -0.2) is 19.4 Å². The number of urea groups is 1. The zero-order valence-corrected chi connectivity index (χ0v) is 16.1. The van der Waals surface area contributed by atoms with Gasteiger partial charge in [0.2, 0.25) is 10.0 Å². The van der Waals surface area contributed by atoms with Crippen LogP contribution in [-0.2, 0) is 16.6 Å². The largest absolute Gasteiger partial charge is 0.334 e. The van der Waals surface area contributed by atoms with Crippen LogP contribution >= 0.6 is 11.3 Å². The van der Waals surface area contributed by atoms with Gasteiger partial charge in [0.05, 0.1) is 9.77 Å². The summed E-state index contributed by atoms with van der Waals surface area (Å²) < 4.78 is 22.7. The molecule has 3 aromatic rings. The highest BCUT2D eigenvalue weighted by atomic mass is 32.2. The summed E-state index contributed by atoms with van der Waals surface area (Å²) in [7, 11) is -3.74. The van der Waals surface area contributed by atoms with E-state index < -0.39 is 10.0 Å². The van der Waals surface area contributed by atoms with Crippen molar-refractivity contribution in [2.75, 3.05) is 5.32 Å². The van der Waals surface area contributed by atoms with Crippen molar-refractivity contribution in [2.45, 2.75) is 18.4 Å². The molecule has 0 radical (unpaired) electrons. The van der Waals surface area contributed by atoms with Crippen molar-refractivity contribution < 1.29 is 13.2 Å². The molecular weight excluding hydrogens is 384 g/mol. The highest BCUT2D eigenvalue weighted by Gasteiger charge is 2.11. The van der Waals surface area contributed by atoms with Gasteiger partial charge in [0.1, 0.15) is 0 Å². The van der Waals surface area contributed by atoms with Crippen molar-refractivity contribution in [3.05, 3.63) is 65.9 Å². The summed E-state index contributed by atoms with van der Waals surface area (Å²) in [4.78, 5) is 17.3. The first-order chi connectivity index (χ1) is 12.8. The number of sulfonamides is 1. The second kappa shape index (κ2) is 7.87. The fraction of sp³-hybridized carbons (Fsp3) is 0.111. The van der Waals surface area contributed by atoms with Crippen LogP contribution in [0.25, 0.3) is 10.4 Å². The van der Waals surface area contributed by atoms with Gasteiger partial charge in [-0.1, -0.05) is 47.7 Å². The van der Waals surface area contributed by atoms with Crippen LogP contribution in [0.4, 0.5) is 9.93 Å². The van der Waals surface area contributed by atoms with Gasteiger partial charge in [0.15, 0.2) is 5.13 Å². The molecule has 0 saturated heterocycles. The number of amides is 2. The predicted molar refractivity (Wildman–Crippen MR) is 106 cm³/mol. The van der Waals surface area contributed by atoms with E-state index in [0.29, 0.717) is 5.13 Å². The zero-order chi connectivity index (χ0) is 19.4. The molecule has 0 saturated carbocycles. The molecule has 0 aliphatic heterocycles. The SMILES string of the molecule is Cc1cc(S(N)(=O)=O)ccc1CNC(=O)Nc1ncc(-c2ccccc2)s1. The molecule has 0 atom stereocenters. The molecule has 1 aromatic heterocycles. The van der Waals surface area contributed by atoms with E-state index in [1.165, 1.54) is 23.5 Å². The zero-order valence-electron chi connectivity index (χ0n) is 14.5. The summed E-state index contributed by atoms with van der Waals surface area (Å²) in [5, 5.41) is 11.0. The third-order valence-corrected chi connectivity index (χ3v) is 5.74. The molecule has 2 aromatic carbocycles. The fourth-order valence-corrected chi connectivity index (χ4v) is 3.84. The van der Waals surface area contributed by atoms with Crippen LogP contribution in [0.2, 0.25) is 0 Å². The standard InChI is InChI=1S/C18H18N4O3S2/c1-12-9-15(27(19,24)25)8-7-14(12)10-20-17(23)22-18-21-11-16(26-18)13-5-3-2-4-6-13/h2-9,11H,10H2,1H3,(H2,19,24,25)(H2,20,21,22,23). The van der Waals surface area contributed by atoms with Gasteiger partial charge in [-0.05, 0) is 35.7 Å². The Morgan fingerprint density at radius 1 is 1.19 bits per heavy atom. The summed E-state index contributed by atoms with van der Waals surface area (Å²) in [6, 6.07) is 13.9. The molecule has 1 heterocycles. The van der Waals surface area contributed by atoms with Crippen LogP contribution in [0.1, 0.15) is 11.1 Å². The molecule has 9 heteroatoms. The Hall–Kier alpha value is -2.75. The van der Waals surface area contributed by atoms with Crippen LogP contribution in [0.3, 0.4) is 0 Å². The van der Waals surface area contributed by atoms with Gasteiger partial charge < -0.3 is 5.32 Å². The number of hydrogen-bond acceptors (Lipinski definition) is 5. The van der Waals surface area contributed by atoms with Crippen molar-refractivity contribution in [3.8, 4) is 10.4 Å². The molecule has 0 aliphatic carbocycles. The maximum Gasteiger partial charge on any atom is 0.321 e. The summed E-state index contributed by atoms with van der Waals surface area (Å²) >= 11 is 1.38. The van der Waals surface area contributed by atoms with Gasteiger partial charge in [0.25, 0.3) is 0 Å². The van der Waals surface area contributed by atoms with Crippen molar-refractivity contribution in [1.82, 2.24) is 10.3 Å². The minimum Gasteiger partial charge on any atom is -0.334 e. The van der Waals surface area contributed by atoms with Gasteiger partial charge in [-0.2, -0.15) is 0 Å². The molecule has 0 unspecified atom stereocenters. The van der Waals surface area contributed by atoms with Gasteiger partial charge in [-0.3, -0.25) is 5.32 Å². The van der Waals surface area contributed by atoms with Crippen LogP contribution in [0, 0.1) is 6.92 Å². The maximum atomic E-state index is 12.1. The lowest BCUT2D eigenvalue weighted by Crippen LogP contribution is -2.28. The molecule has 3 rings (SSSR count). The number of nitrogens with one attached hydrogen (secondary N) is 2. The van der Waals surface area contributed by atoms with Crippen molar-refractivity contribution in [1.29, 1.82) is 0 Å². The predicted octanol–water partition coefficient (Wildman–Crippen LogP) is 3.09. The number of rotatable bonds is 5. The summed E-state index contributed by atoms with van der Waals surface area (Å²) in [6.07, 6.45) is 1.71. The summed E-state index contributed by atoms with van der Waals surface area (Å²) in [6.45, 7) is 2.01. The van der Waals surface area contributed by atoms with Crippen LogP contribution < -0.4 is 15.8 Å². The summed E-state index contributed by atoms with van der Waals surface area (Å²) in [5.74, 6) is 0. The monoisotopic (exact) mass is 402 g/mol. The molecule has 0 fully saturated rings. The Bertz CT molecular complexity index is 1060. The summed E-state index contributed by atoms with van der Waals surface area (Å²) in [5.41, 5.74) is 2.55. The maximum absolute atomic E-state index is 12.1. The number of carbonyl (C=O) groups excluding carboxylic acids is 1. The lowest BCUT2D eigenvalue weighted by Gasteiger charge is -2.09. The van der Waals surface area contributed by atoms with E-state index in [9.17, 15) is 13.2 Å². The number of nitrogens with two attached hydrogens (primary N) is 1. The van der Waals surface area contributed by atoms with Gasteiger partial charge in [-0.15, -0.1) is 0 Å². The number of nitrogens with zero attached hydrogens (tertiary/aromatic N) is 1. The normalized spacial score (nSPS) is 11.2. The average molecular weight is 403 g/mol. The van der Waals surface area contributed by atoms with Crippen LogP contribution in [0.5, 0.6) is 0 Å². The Labute approximate surface area is 161 Å². The van der Waals surface area contributed by atoms with E-state index in [1.54, 1.807) is 19.2 Å². The highest BCUT2D eigenvalue weighted by molar-refractivity contribution is 7.89. The number of carbonyl (C=O) groups is 1. The number of thiazole rings is 1. The first-order valence-electron chi connectivity index (χ1n) is 8.01. The average Bonchev–Trinajstić information content (AvgIpc) is 3.09. The van der Waals surface area contributed by atoms with E-state index >= 15 is 0 Å². The number of benzene rings is 2. The molecule has 0 bridgehead atoms. The highest BCUT2D eigenvalue weighted by Crippen LogP contribution is 2.28. The van der Waals surface area contributed by atoms with Crippen molar-refractivity contribution in [2.24, 2.45) is 5.14 Å². The Balaban J connectivity index is 1.60. The second-order valence-electron chi connectivity index (χ2n) is 5.84. The van der Waals surface area contributed by atoms with Gasteiger partial charge >= 0.3 is 6.03 Å². The third kappa shape index (κ3) is 4.91. The lowest BCUT2D eigenvalue weighted by molar-refractivity contribution is 0.251. The molecular formula is C18H18N4O3S2. The molecule has 0 aliphatic rings. The first kappa shape index (κ1) is 19.0. The topological polar surface area (TPSA) is 114 Å². The number of primary sulfonamides is 1.